The first-order chi connectivity index (χ1) is 14.8. The molecule has 10 heteroatoms. The lowest BCUT2D eigenvalue weighted by molar-refractivity contribution is 0.103. The second-order valence-electron chi connectivity index (χ2n) is 7.00. The van der Waals surface area contributed by atoms with Gasteiger partial charge in [0.15, 0.2) is 0 Å². The van der Waals surface area contributed by atoms with Crippen LogP contribution in [0.4, 0.5) is 10.1 Å². The van der Waals surface area contributed by atoms with E-state index in [1.807, 2.05) is 11.9 Å². The summed E-state index contributed by atoms with van der Waals surface area (Å²) in [7, 11) is -2.00. The third-order valence-corrected chi connectivity index (χ3v) is 7.15. The van der Waals surface area contributed by atoms with Gasteiger partial charge < -0.3 is 10.2 Å². The van der Waals surface area contributed by atoms with Crippen molar-refractivity contribution >= 4 is 38.8 Å². The van der Waals surface area contributed by atoms with Crippen LogP contribution in [0.2, 0.25) is 0 Å². The van der Waals surface area contributed by atoms with E-state index in [0.717, 1.165) is 24.3 Å². The molecule has 7 nitrogen and oxygen atoms in total. The number of amidine groups is 1. The number of benzene rings is 2. The molecule has 1 aromatic heterocycles. The highest BCUT2D eigenvalue weighted by Crippen LogP contribution is 2.28. The number of carbonyl (C=O) groups is 1. The molecule has 2 aromatic carbocycles. The van der Waals surface area contributed by atoms with Crippen molar-refractivity contribution in [3.05, 3.63) is 65.4 Å². The Morgan fingerprint density at radius 1 is 1.19 bits per heavy atom. The maximum Gasteiger partial charge on any atom is 0.283 e. The zero-order chi connectivity index (χ0) is 22.0. The molecule has 1 amide bonds. The fourth-order valence-corrected chi connectivity index (χ4v) is 5.07. The number of thiazole rings is 1. The Bertz CT molecular complexity index is 1250. The van der Waals surface area contributed by atoms with Crippen molar-refractivity contribution in [3.63, 3.8) is 0 Å². The van der Waals surface area contributed by atoms with Crippen LogP contribution in [-0.4, -0.2) is 43.6 Å². The molecule has 1 saturated heterocycles. The highest BCUT2D eigenvalue weighted by atomic mass is 32.2. The van der Waals surface area contributed by atoms with E-state index in [1.165, 1.54) is 36.5 Å². The van der Waals surface area contributed by atoms with Gasteiger partial charge in [-0.2, -0.15) is 8.42 Å². The van der Waals surface area contributed by atoms with Crippen LogP contribution in [0.3, 0.4) is 0 Å². The van der Waals surface area contributed by atoms with Crippen molar-refractivity contribution in [3.8, 4) is 10.6 Å². The SMILES string of the molecule is CN1CCC/C1=N\S(=O)(=O)c1ccc(NC(=O)c2cnc(-c3ccccc3F)s2)cc1. The van der Waals surface area contributed by atoms with E-state index in [4.69, 9.17) is 0 Å². The van der Waals surface area contributed by atoms with Crippen molar-refractivity contribution in [1.82, 2.24) is 9.88 Å². The van der Waals surface area contributed by atoms with E-state index < -0.39 is 21.7 Å². The maximum absolute atomic E-state index is 13.9. The van der Waals surface area contributed by atoms with E-state index >= 15 is 0 Å². The zero-order valence-corrected chi connectivity index (χ0v) is 18.2. The molecule has 0 bridgehead atoms. The van der Waals surface area contributed by atoms with Crippen LogP contribution in [-0.2, 0) is 10.0 Å². The number of hydrogen-bond acceptors (Lipinski definition) is 5. The molecule has 0 spiro atoms. The monoisotopic (exact) mass is 458 g/mol. The van der Waals surface area contributed by atoms with Gasteiger partial charge in [0.2, 0.25) is 0 Å². The molecular formula is C21H19FN4O3S2. The molecule has 1 aliphatic heterocycles. The lowest BCUT2D eigenvalue weighted by Crippen LogP contribution is -2.20. The predicted octanol–water partition coefficient (Wildman–Crippen LogP) is 4.01. The lowest BCUT2D eigenvalue weighted by Gasteiger charge is -2.11. The summed E-state index contributed by atoms with van der Waals surface area (Å²) in [6.07, 6.45) is 2.90. The molecule has 31 heavy (non-hydrogen) atoms. The van der Waals surface area contributed by atoms with Crippen LogP contribution in [0.1, 0.15) is 22.5 Å². The smallest absolute Gasteiger partial charge is 0.283 e. The number of anilines is 1. The third-order valence-electron chi connectivity index (χ3n) is 4.80. The molecule has 1 N–H and O–H groups in total. The van der Waals surface area contributed by atoms with Crippen LogP contribution in [0.5, 0.6) is 0 Å². The number of nitrogens with zero attached hydrogens (tertiary/aromatic N) is 3. The first-order valence-electron chi connectivity index (χ1n) is 9.50. The largest absolute Gasteiger partial charge is 0.362 e. The van der Waals surface area contributed by atoms with Gasteiger partial charge in [-0.05, 0) is 42.8 Å². The van der Waals surface area contributed by atoms with Gasteiger partial charge >= 0.3 is 0 Å². The third kappa shape index (κ3) is 4.64. The van der Waals surface area contributed by atoms with Gasteiger partial charge in [0.05, 0.1) is 11.1 Å². The van der Waals surface area contributed by atoms with Crippen LogP contribution in [0.25, 0.3) is 10.6 Å². The molecule has 0 atom stereocenters. The quantitative estimate of drug-likeness (QED) is 0.624. The second-order valence-corrected chi connectivity index (χ2v) is 9.63. The Morgan fingerprint density at radius 2 is 1.94 bits per heavy atom. The summed E-state index contributed by atoms with van der Waals surface area (Å²) >= 11 is 1.07. The first-order valence-corrected chi connectivity index (χ1v) is 11.8. The number of aromatic nitrogens is 1. The van der Waals surface area contributed by atoms with Gasteiger partial charge in [0.25, 0.3) is 15.9 Å². The number of amides is 1. The summed E-state index contributed by atoms with van der Waals surface area (Å²) in [5, 5.41) is 3.10. The number of nitrogens with one attached hydrogen (secondary N) is 1. The van der Waals surface area contributed by atoms with Crippen molar-refractivity contribution in [1.29, 1.82) is 0 Å². The minimum atomic E-state index is -3.82. The molecule has 1 fully saturated rings. The molecule has 0 radical (unpaired) electrons. The van der Waals surface area contributed by atoms with Gasteiger partial charge in [-0.25, -0.2) is 9.37 Å². The van der Waals surface area contributed by atoms with Crippen molar-refractivity contribution in [2.24, 2.45) is 4.40 Å². The Balaban J connectivity index is 1.47. The zero-order valence-electron chi connectivity index (χ0n) is 16.6. The first kappa shape index (κ1) is 21.1. The van der Waals surface area contributed by atoms with E-state index in [9.17, 15) is 17.6 Å². The molecule has 4 rings (SSSR count). The molecule has 3 aromatic rings. The predicted molar refractivity (Wildman–Crippen MR) is 118 cm³/mol. The average molecular weight is 459 g/mol. The fraction of sp³-hybridized carbons (Fsp3) is 0.190. The summed E-state index contributed by atoms with van der Waals surface area (Å²) in [5.74, 6) is -0.273. The Kier molecular flexibility index (Phi) is 5.84. The van der Waals surface area contributed by atoms with Crippen molar-refractivity contribution in [2.75, 3.05) is 18.9 Å². The molecule has 2 heterocycles. The van der Waals surface area contributed by atoms with Crippen LogP contribution >= 0.6 is 11.3 Å². The highest BCUT2D eigenvalue weighted by Gasteiger charge is 2.20. The van der Waals surface area contributed by atoms with Crippen LogP contribution in [0, 0.1) is 5.82 Å². The number of likely N-dealkylation sites (tertiary alicyclic amines) is 1. The topological polar surface area (TPSA) is 91.7 Å². The van der Waals surface area contributed by atoms with Crippen LogP contribution < -0.4 is 5.32 Å². The van der Waals surface area contributed by atoms with Crippen molar-refractivity contribution < 1.29 is 17.6 Å². The summed E-state index contributed by atoms with van der Waals surface area (Å²) in [5.41, 5.74) is 0.756. The van der Waals surface area contributed by atoms with E-state index in [2.05, 4.69) is 14.7 Å². The van der Waals surface area contributed by atoms with Crippen molar-refractivity contribution in [2.45, 2.75) is 17.7 Å². The van der Waals surface area contributed by atoms with Gasteiger partial charge in [0.1, 0.15) is 21.5 Å². The maximum atomic E-state index is 13.9. The van der Waals surface area contributed by atoms with Crippen LogP contribution in [0.15, 0.2) is 64.0 Å². The number of sulfonamides is 1. The number of carbonyl (C=O) groups excluding carboxylic acids is 1. The number of halogens is 1. The van der Waals surface area contributed by atoms with Gasteiger partial charge in [0, 0.05) is 31.3 Å². The fourth-order valence-electron chi connectivity index (χ4n) is 3.14. The summed E-state index contributed by atoms with van der Waals surface area (Å²) in [4.78, 5) is 18.8. The highest BCUT2D eigenvalue weighted by molar-refractivity contribution is 7.90. The molecule has 160 valence electrons. The average Bonchev–Trinajstić information content (AvgIpc) is 3.38. The Hall–Kier alpha value is -3.11. The number of rotatable bonds is 5. The molecule has 0 unspecified atom stereocenters. The minimum absolute atomic E-state index is 0.0536. The number of hydrogen-bond donors (Lipinski definition) is 1. The summed E-state index contributed by atoms with van der Waals surface area (Å²) in [6.45, 7) is 0.787. The van der Waals surface area contributed by atoms with Gasteiger partial charge in [-0.3, -0.25) is 4.79 Å². The molecule has 1 aliphatic rings. The van der Waals surface area contributed by atoms with Gasteiger partial charge in [-0.1, -0.05) is 12.1 Å². The van der Waals surface area contributed by atoms with E-state index in [1.54, 1.807) is 18.2 Å². The molecular weight excluding hydrogens is 439 g/mol. The van der Waals surface area contributed by atoms with Gasteiger partial charge in [-0.15, -0.1) is 15.7 Å². The Morgan fingerprint density at radius 3 is 2.61 bits per heavy atom. The summed E-state index contributed by atoms with van der Waals surface area (Å²) in [6, 6.07) is 12.0. The Labute approximate surface area is 183 Å². The lowest BCUT2D eigenvalue weighted by atomic mass is 10.2. The minimum Gasteiger partial charge on any atom is -0.362 e. The van der Waals surface area contributed by atoms with E-state index in [0.29, 0.717) is 33.4 Å². The summed E-state index contributed by atoms with van der Waals surface area (Å²) < 4.78 is 42.9. The molecule has 0 saturated carbocycles. The molecule has 0 aliphatic carbocycles. The normalized spacial score (nSPS) is 15.4. The van der Waals surface area contributed by atoms with E-state index in [-0.39, 0.29) is 4.90 Å². The standard InChI is InChI=1S/C21H19FN4O3S2/c1-26-12-4-7-19(26)25-31(28,29)15-10-8-14(9-11-15)24-20(27)18-13-23-21(30-18)16-5-2-3-6-17(16)22/h2-3,5-6,8-11,13H,4,7,12H2,1H3,(H,24,27)/b25-19+. The second kappa shape index (κ2) is 8.56.